The third-order valence-corrected chi connectivity index (χ3v) is 13.2. The van der Waals surface area contributed by atoms with Crippen molar-refractivity contribution >= 4 is 47.3 Å². The SMILES string of the molecule is CCC(C)c1ccc(CCl)cc1.CCC(C)c1ccc(CN(CC(=O)N(CC)CC)CC(=O)N(CC)CC)cc1.CCOC(=O)CN(CC(=O)OCC)Cc1ccc(C(C)CC)cc1.CCOC(=O)CNCC(=O)OCC. The van der Waals surface area contributed by atoms with Crippen molar-refractivity contribution in [2.45, 2.75) is 153 Å². The Hall–Kier alpha value is -5.35. The fourth-order valence-electron chi connectivity index (χ4n) is 7.60. The number of alkyl halides is 1. The molecule has 0 aliphatic heterocycles. The highest BCUT2D eigenvalue weighted by atomic mass is 35.5. The van der Waals surface area contributed by atoms with Crippen molar-refractivity contribution in [2.24, 2.45) is 0 Å². The second-order valence-electron chi connectivity index (χ2n) is 18.5. The first-order chi connectivity index (χ1) is 36.9. The molecule has 0 aliphatic carbocycles. The number of nitrogens with one attached hydrogen (secondary N) is 1. The number of halogens is 1. The Morgan fingerprint density at radius 3 is 0.948 bits per heavy atom. The molecule has 0 aromatic heterocycles. The minimum absolute atomic E-state index is 0.0344. The number of benzene rings is 3. The van der Waals surface area contributed by atoms with Crippen LogP contribution in [-0.4, -0.2) is 147 Å². The summed E-state index contributed by atoms with van der Waals surface area (Å²) < 4.78 is 19.2. The molecule has 3 aromatic carbocycles. The summed E-state index contributed by atoms with van der Waals surface area (Å²) in [5.74, 6) is 1.08. The molecule has 0 radical (unpaired) electrons. The van der Waals surface area contributed by atoms with Crippen LogP contribution >= 0.6 is 11.6 Å². The van der Waals surface area contributed by atoms with Gasteiger partial charge in [0.05, 0.1) is 65.7 Å². The molecule has 0 aliphatic rings. The van der Waals surface area contributed by atoms with Gasteiger partial charge in [0.1, 0.15) is 0 Å². The average molecular weight is 1100 g/mol. The van der Waals surface area contributed by atoms with Crippen LogP contribution in [0.1, 0.15) is 167 Å². The molecule has 3 aromatic rings. The highest BCUT2D eigenvalue weighted by molar-refractivity contribution is 6.17. The van der Waals surface area contributed by atoms with Crippen molar-refractivity contribution in [1.29, 1.82) is 0 Å². The third-order valence-electron chi connectivity index (χ3n) is 12.9. The summed E-state index contributed by atoms with van der Waals surface area (Å²) in [7, 11) is 0. The maximum atomic E-state index is 12.6. The number of esters is 4. The van der Waals surface area contributed by atoms with Crippen molar-refractivity contribution in [3.8, 4) is 0 Å². The summed E-state index contributed by atoms with van der Waals surface area (Å²) in [4.78, 5) is 77.6. The number of hydrogen-bond acceptors (Lipinski definition) is 13. The van der Waals surface area contributed by atoms with Gasteiger partial charge >= 0.3 is 23.9 Å². The standard InChI is InChI=1S/C23H39N3O2.C19H29NO4.C11H15Cl.C8H15NO4/c1-7-19(6)21-14-12-20(13-15-21)16-24(17-22(27)25(8-2)9-3)18-23(28)26(10-4)11-5;1-5-15(4)17-10-8-16(9-11-17)12-20(13-18(21)23-6-2)14-19(22)24-7-3;1-3-9(2)11-6-4-10(8-12)5-7-11;1-3-12-7(10)5-9-6-8(11)13-4-2/h12-15,19H,7-11,16-18H2,1-6H3;8-11,15H,5-7,12-14H2,1-4H3;4-7,9H,3,8H2,1-2H3;9H,3-6H2,1-2H3. The summed E-state index contributed by atoms with van der Waals surface area (Å²) in [6.07, 6.45) is 3.40. The highest BCUT2D eigenvalue weighted by Crippen LogP contribution is 2.22. The minimum Gasteiger partial charge on any atom is -0.465 e. The van der Waals surface area contributed by atoms with E-state index in [0.29, 0.717) is 89.3 Å². The summed E-state index contributed by atoms with van der Waals surface area (Å²) in [6, 6.07) is 25.4. The molecular formula is C61H98ClN5O10. The first-order valence-electron chi connectivity index (χ1n) is 28.0. The molecule has 3 atom stereocenters. The fourth-order valence-corrected chi connectivity index (χ4v) is 7.78. The number of likely N-dealkylation sites (N-methyl/N-ethyl adjacent to an activating group) is 2. The Bertz CT molecular complexity index is 2000. The summed E-state index contributed by atoms with van der Waals surface area (Å²) in [5, 5.41) is 2.61. The lowest BCUT2D eigenvalue weighted by molar-refractivity contribution is -0.149. The van der Waals surface area contributed by atoms with E-state index >= 15 is 0 Å². The maximum Gasteiger partial charge on any atom is 0.320 e. The van der Waals surface area contributed by atoms with E-state index in [-0.39, 0.29) is 75.0 Å². The number of carbonyl (C=O) groups is 6. The zero-order chi connectivity index (χ0) is 58.1. The van der Waals surface area contributed by atoms with Gasteiger partial charge in [-0.3, -0.25) is 43.9 Å². The van der Waals surface area contributed by atoms with Gasteiger partial charge < -0.3 is 28.7 Å². The van der Waals surface area contributed by atoms with Crippen LogP contribution in [0.15, 0.2) is 72.8 Å². The van der Waals surface area contributed by atoms with Gasteiger partial charge in [-0.15, -0.1) is 11.6 Å². The zero-order valence-electron chi connectivity index (χ0n) is 49.6. The molecule has 0 heterocycles. The summed E-state index contributed by atoms with van der Waals surface area (Å²) in [6.45, 7) is 34.1. The van der Waals surface area contributed by atoms with E-state index in [4.69, 9.17) is 21.1 Å². The van der Waals surface area contributed by atoms with Crippen molar-refractivity contribution in [1.82, 2.24) is 24.9 Å². The number of rotatable bonds is 31. The largest absolute Gasteiger partial charge is 0.465 e. The minimum atomic E-state index is -0.369. The molecule has 15 nitrogen and oxygen atoms in total. The molecule has 3 rings (SSSR count). The number of hydrogen-bond donors (Lipinski definition) is 1. The number of nitrogens with zero attached hydrogens (tertiary/aromatic N) is 4. The van der Waals surface area contributed by atoms with Gasteiger partial charge in [-0.2, -0.15) is 0 Å². The summed E-state index contributed by atoms with van der Waals surface area (Å²) in [5.41, 5.74) is 7.41. The average Bonchev–Trinajstić information content (AvgIpc) is 3.42. The molecule has 0 spiro atoms. The fraction of sp³-hybridized carbons (Fsp3) is 0.607. The molecule has 1 N–H and O–H groups in total. The first kappa shape index (κ1) is 71.7. The van der Waals surface area contributed by atoms with Gasteiger partial charge in [0.25, 0.3) is 0 Å². The van der Waals surface area contributed by atoms with Crippen LogP contribution < -0.4 is 5.32 Å². The van der Waals surface area contributed by atoms with Crippen molar-refractivity contribution in [2.75, 3.05) is 91.9 Å². The number of ether oxygens (including phenoxy) is 4. The Balaban J connectivity index is 0.00000106. The molecule has 2 amide bonds. The van der Waals surface area contributed by atoms with E-state index in [1.54, 1.807) is 32.6 Å². The Morgan fingerprint density at radius 2 is 0.688 bits per heavy atom. The molecule has 0 bridgehead atoms. The Morgan fingerprint density at radius 1 is 0.416 bits per heavy atom. The number of amides is 2. The van der Waals surface area contributed by atoms with Gasteiger partial charge in [-0.1, -0.05) is 114 Å². The van der Waals surface area contributed by atoms with Gasteiger partial charge in [-0.25, -0.2) is 0 Å². The lowest BCUT2D eigenvalue weighted by Crippen LogP contribution is -2.45. The van der Waals surface area contributed by atoms with Gasteiger partial charge in [-0.05, 0) is 126 Å². The smallest absolute Gasteiger partial charge is 0.320 e. The lowest BCUT2D eigenvalue weighted by Gasteiger charge is -2.28. The predicted octanol–water partition coefficient (Wildman–Crippen LogP) is 10.5. The van der Waals surface area contributed by atoms with E-state index in [0.717, 1.165) is 24.0 Å². The molecule has 0 saturated heterocycles. The van der Waals surface area contributed by atoms with E-state index in [2.05, 4.69) is 117 Å². The molecule has 0 saturated carbocycles. The van der Waals surface area contributed by atoms with E-state index in [1.165, 1.54) is 28.7 Å². The second kappa shape index (κ2) is 43.6. The van der Waals surface area contributed by atoms with Crippen molar-refractivity contribution in [3.63, 3.8) is 0 Å². The van der Waals surface area contributed by atoms with E-state index < -0.39 is 0 Å². The Kier molecular flexibility index (Phi) is 40.6. The molecular weight excluding hydrogens is 998 g/mol. The molecule has 0 fully saturated rings. The Labute approximate surface area is 469 Å². The molecule has 434 valence electrons. The third kappa shape index (κ3) is 31.6. The molecule has 16 heteroatoms. The van der Waals surface area contributed by atoms with Crippen LogP contribution in [0.4, 0.5) is 0 Å². The van der Waals surface area contributed by atoms with Crippen molar-refractivity contribution < 1.29 is 47.7 Å². The lowest BCUT2D eigenvalue weighted by atomic mass is 9.97. The van der Waals surface area contributed by atoms with Gasteiger partial charge in [0.15, 0.2) is 0 Å². The van der Waals surface area contributed by atoms with Crippen LogP contribution in [0, 0.1) is 0 Å². The predicted molar refractivity (Wildman–Crippen MR) is 311 cm³/mol. The van der Waals surface area contributed by atoms with Crippen LogP contribution in [0.5, 0.6) is 0 Å². The molecule has 3 unspecified atom stereocenters. The normalized spacial score (nSPS) is 11.8. The molecule has 77 heavy (non-hydrogen) atoms. The van der Waals surface area contributed by atoms with Crippen LogP contribution in [-0.2, 0) is 66.7 Å². The van der Waals surface area contributed by atoms with E-state index in [1.807, 2.05) is 54.5 Å². The highest BCUT2D eigenvalue weighted by Gasteiger charge is 2.21. The van der Waals surface area contributed by atoms with Gasteiger partial charge in [0, 0.05) is 45.1 Å². The van der Waals surface area contributed by atoms with Crippen LogP contribution in [0.25, 0.3) is 0 Å². The van der Waals surface area contributed by atoms with Crippen LogP contribution in [0.2, 0.25) is 0 Å². The summed E-state index contributed by atoms with van der Waals surface area (Å²) >= 11 is 5.69. The first-order valence-corrected chi connectivity index (χ1v) is 28.6. The zero-order valence-corrected chi connectivity index (χ0v) is 50.3. The monoisotopic (exact) mass is 1100 g/mol. The van der Waals surface area contributed by atoms with Gasteiger partial charge in [0.2, 0.25) is 11.8 Å². The quantitative estimate of drug-likeness (QED) is 0.0368. The number of carbonyl (C=O) groups excluding carboxylic acids is 6. The second-order valence-corrected chi connectivity index (χ2v) is 18.8. The maximum absolute atomic E-state index is 12.6. The van der Waals surface area contributed by atoms with E-state index in [9.17, 15) is 28.8 Å². The topological polar surface area (TPSA) is 164 Å². The van der Waals surface area contributed by atoms with Crippen molar-refractivity contribution in [3.05, 3.63) is 106 Å². The van der Waals surface area contributed by atoms with Crippen LogP contribution in [0.3, 0.4) is 0 Å².